The molecule has 1 atom stereocenters. The van der Waals surface area contributed by atoms with Crippen molar-refractivity contribution in [3.8, 4) is 0 Å². The number of hydrogen-bond acceptors (Lipinski definition) is 3. The molecule has 0 aliphatic rings. The number of fused-ring (bicyclic) bond motifs is 1. The minimum atomic E-state index is -2.59. The first-order valence-corrected chi connectivity index (χ1v) is 9.29. The smallest absolute Gasteiger partial charge is 0.204 e. The molecule has 2 nitrogen and oxygen atoms in total. The van der Waals surface area contributed by atoms with Gasteiger partial charge in [0.2, 0.25) is 7.37 Å². The maximum atomic E-state index is 12.4. The summed E-state index contributed by atoms with van der Waals surface area (Å²) in [5.41, 5.74) is 1.06. The minimum Gasteiger partial charge on any atom is -0.326 e. The highest BCUT2D eigenvalue weighted by Gasteiger charge is 2.20. The summed E-state index contributed by atoms with van der Waals surface area (Å²) in [6.45, 7) is 5.50. The van der Waals surface area contributed by atoms with Crippen LogP contribution in [0.1, 0.15) is 19.4 Å². The van der Waals surface area contributed by atoms with E-state index in [9.17, 15) is 4.57 Å². The third-order valence-electron chi connectivity index (χ3n) is 2.51. The van der Waals surface area contributed by atoms with Gasteiger partial charge in [0.1, 0.15) is 0 Å². The molecule has 5 heteroatoms. The third kappa shape index (κ3) is 3.36. The van der Waals surface area contributed by atoms with Gasteiger partial charge in [0.25, 0.3) is 0 Å². The SMILES string of the molecule is CC(C)OP(C)(=O)Cc1csc2ccc(Cl)cc12. The standard InChI is InChI=1S/C13H16ClO2PS/c1-9(2)16-17(3,15)7-10-8-18-13-5-4-11(14)6-12(10)13/h4-6,8-9H,7H2,1-3H3. The van der Waals surface area contributed by atoms with Gasteiger partial charge in [-0.2, -0.15) is 0 Å². The highest BCUT2D eigenvalue weighted by atomic mass is 35.5. The molecular weight excluding hydrogens is 287 g/mol. The quantitative estimate of drug-likeness (QED) is 0.708. The molecule has 1 unspecified atom stereocenters. The van der Waals surface area contributed by atoms with Gasteiger partial charge in [-0.15, -0.1) is 11.3 Å². The number of benzene rings is 1. The van der Waals surface area contributed by atoms with Crippen molar-refractivity contribution in [2.75, 3.05) is 6.66 Å². The first-order valence-electron chi connectivity index (χ1n) is 5.78. The zero-order valence-corrected chi connectivity index (χ0v) is 13.1. The molecule has 18 heavy (non-hydrogen) atoms. The average molecular weight is 303 g/mol. The summed E-state index contributed by atoms with van der Waals surface area (Å²) in [4.78, 5) is 0. The van der Waals surface area contributed by atoms with Gasteiger partial charge in [0, 0.05) is 16.4 Å². The average Bonchev–Trinajstić information content (AvgIpc) is 2.58. The Hall–Kier alpha value is -0.340. The second-order valence-corrected chi connectivity index (χ2v) is 8.63. The largest absolute Gasteiger partial charge is 0.326 e. The van der Waals surface area contributed by atoms with Crippen molar-refractivity contribution in [3.05, 3.63) is 34.2 Å². The monoisotopic (exact) mass is 302 g/mol. The second kappa shape index (κ2) is 5.34. The molecule has 0 amide bonds. The molecule has 1 heterocycles. The summed E-state index contributed by atoms with van der Waals surface area (Å²) in [6, 6.07) is 5.80. The van der Waals surface area contributed by atoms with E-state index in [4.69, 9.17) is 16.1 Å². The van der Waals surface area contributed by atoms with Crippen LogP contribution >= 0.6 is 30.3 Å². The van der Waals surface area contributed by atoms with Crippen LogP contribution < -0.4 is 0 Å². The topological polar surface area (TPSA) is 26.3 Å². The fraction of sp³-hybridized carbons (Fsp3) is 0.385. The Bertz CT molecular complexity index is 606. The molecule has 2 aromatic rings. The lowest BCUT2D eigenvalue weighted by Gasteiger charge is -2.16. The number of halogens is 1. The zero-order valence-electron chi connectivity index (χ0n) is 10.6. The number of thiophene rings is 1. The Labute approximate surface area is 116 Å². The van der Waals surface area contributed by atoms with E-state index in [-0.39, 0.29) is 6.10 Å². The van der Waals surface area contributed by atoms with Crippen molar-refractivity contribution in [2.45, 2.75) is 26.1 Å². The van der Waals surface area contributed by atoms with Crippen LogP contribution in [0, 0.1) is 0 Å². The van der Waals surface area contributed by atoms with Gasteiger partial charge in [-0.05, 0) is 48.4 Å². The highest BCUT2D eigenvalue weighted by molar-refractivity contribution is 7.57. The fourth-order valence-electron chi connectivity index (χ4n) is 1.97. The van der Waals surface area contributed by atoms with Crippen LogP contribution in [0.15, 0.2) is 23.6 Å². The van der Waals surface area contributed by atoms with Crippen LogP contribution in [0.4, 0.5) is 0 Å². The van der Waals surface area contributed by atoms with E-state index in [0.29, 0.717) is 11.2 Å². The second-order valence-electron chi connectivity index (χ2n) is 4.73. The summed E-state index contributed by atoms with van der Waals surface area (Å²) in [5, 5.41) is 3.83. The van der Waals surface area contributed by atoms with Gasteiger partial charge >= 0.3 is 0 Å². The first kappa shape index (κ1) is 14.1. The van der Waals surface area contributed by atoms with E-state index >= 15 is 0 Å². The van der Waals surface area contributed by atoms with Crippen LogP contribution in [0.3, 0.4) is 0 Å². The van der Waals surface area contributed by atoms with E-state index < -0.39 is 7.37 Å². The third-order valence-corrected chi connectivity index (χ3v) is 5.54. The molecule has 0 aliphatic heterocycles. The molecule has 0 spiro atoms. The van der Waals surface area contributed by atoms with Crippen molar-refractivity contribution >= 4 is 40.4 Å². The summed E-state index contributed by atoms with van der Waals surface area (Å²) in [5.74, 6) is 0. The number of hydrogen-bond donors (Lipinski definition) is 0. The predicted molar refractivity (Wildman–Crippen MR) is 80.3 cm³/mol. The lowest BCUT2D eigenvalue weighted by molar-refractivity contribution is 0.245. The molecule has 1 aromatic carbocycles. The number of rotatable bonds is 4. The Morgan fingerprint density at radius 1 is 1.44 bits per heavy atom. The maximum Gasteiger partial charge on any atom is 0.204 e. The van der Waals surface area contributed by atoms with E-state index in [2.05, 4.69) is 0 Å². The summed E-state index contributed by atoms with van der Waals surface area (Å²) in [7, 11) is -2.59. The predicted octanol–water partition coefficient (Wildman–Crippen LogP) is 5.39. The first-order chi connectivity index (χ1) is 8.37. The fourth-order valence-corrected chi connectivity index (χ4v) is 5.05. The lowest BCUT2D eigenvalue weighted by atomic mass is 10.2. The molecule has 0 bridgehead atoms. The van der Waals surface area contributed by atoms with E-state index in [0.717, 1.165) is 10.9 Å². The van der Waals surface area contributed by atoms with E-state index in [1.807, 2.05) is 37.4 Å². The summed E-state index contributed by atoms with van der Waals surface area (Å²) >= 11 is 7.65. The van der Waals surface area contributed by atoms with Crippen molar-refractivity contribution in [1.82, 2.24) is 0 Å². The molecule has 0 saturated heterocycles. The van der Waals surface area contributed by atoms with Gasteiger partial charge < -0.3 is 4.52 Å². The molecule has 0 radical (unpaired) electrons. The Morgan fingerprint density at radius 3 is 2.83 bits per heavy atom. The van der Waals surface area contributed by atoms with Crippen LogP contribution in [0.2, 0.25) is 5.02 Å². The molecule has 0 saturated carbocycles. The molecule has 0 fully saturated rings. The summed E-state index contributed by atoms with van der Waals surface area (Å²) < 4.78 is 19.1. The van der Waals surface area contributed by atoms with Crippen molar-refractivity contribution < 1.29 is 9.09 Å². The van der Waals surface area contributed by atoms with Crippen molar-refractivity contribution in [2.24, 2.45) is 0 Å². The van der Waals surface area contributed by atoms with Crippen LogP contribution in [-0.2, 0) is 15.3 Å². The molecule has 1 aromatic heterocycles. The van der Waals surface area contributed by atoms with E-state index in [1.165, 1.54) is 4.70 Å². The lowest BCUT2D eigenvalue weighted by Crippen LogP contribution is -2.01. The van der Waals surface area contributed by atoms with E-state index in [1.54, 1.807) is 18.0 Å². The maximum absolute atomic E-state index is 12.4. The normalized spacial score (nSPS) is 15.2. The van der Waals surface area contributed by atoms with Crippen molar-refractivity contribution in [1.29, 1.82) is 0 Å². The van der Waals surface area contributed by atoms with Gasteiger partial charge in [0.15, 0.2) is 0 Å². The summed E-state index contributed by atoms with van der Waals surface area (Å²) in [6.07, 6.45) is 0.445. The zero-order chi connectivity index (χ0) is 13.3. The molecular formula is C13H16ClO2PS. The molecule has 98 valence electrons. The van der Waals surface area contributed by atoms with Gasteiger partial charge in [0.05, 0.1) is 12.3 Å². The van der Waals surface area contributed by atoms with Crippen molar-refractivity contribution in [3.63, 3.8) is 0 Å². The van der Waals surface area contributed by atoms with Crippen LogP contribution in [0.25, 0.3) is 10.1 Å². The van der Waals surface area contributed by atoms with Gasteiger partial charge in [-0.1, -0.05) is 11.6 Å². The van der Waals surface area contributed by atoms with Gasteiger partial charge in [-0.3, -0.25) is 4.57 Å². The molecule has 0 N–H and O–H groups in total. The molecule has 0 aliphatic carbocycles. The van der Waals surface area contributed by atoms with Gasteiger partial charge in [-0.25, -0.2) is 0 Å². The Kier molecular flexibility index (Phi) is 4.18. The molecule has 2 rings (SSSR count). The Morgan fingerprint density at radius 2 is 2.17 bits per heavy atom. The Balaban J connectivity index is 2.32. The van der Waals surface area contributed by atoms with Crippen LogP contribution in [-0.4, -0.2) is 12.8 Å². The highest BCUT2D eigenvalue weighted by Crippen LogP contribution is 2.49. The van der Waals surface area contributed by atoms with Crippen LogP contribution in [0.5, 0.6) is 0 Å². The minimum absolute atomic E-state index is 0.0191.